The SMILES string of the molecule is CN=C/C(=C\N)C(O)c1nc(-c2cccc(Oc3ccc4[nH]ccc4c3)c2)n[nH]1. The summed E-state index contributed by atoms with van der Waals surface area (Å²) in [4.78, 5) is 11.4. The molecule has 0 aliphatic heterocycles. The lowest BCUT2D eigenvalue weighted by Gasteiger charge is -2.07. The smallest absolute Gasteiger partial charge is 0.181 e. The summed E-state index contributed by atoms with van der Waals surface area (Å²) in [6.45, 7) is 0. The number of benzene rings is 2. The Morgan fingerprint density at radius 1 is 1.21 bits per heavy atom. The predicted octanol–water partition coefficient (Wildman–Crippen LogP) is 3.32. The Kier molecular flexibility index (Phi) is 5.08. The number of hydrogen-bond acceptors (Lipinski definition) is 6. The van der Waals surface area contributed by atoms with E-state index in [2.05, 4.69) is 25.2 Å². The van der Waals surface area contributed by atoms with Crippen LogP contribution in [0, 0.1) is 0 Å². The van der Waals surface area contributed by atoms with Crippen LogP contribution in [0.4, 0.5) is 0 Å². The molecule has 4 rings (SSSR count). The van der Waals surface area contributed by atoms with Crippen LogP contribution in [0.3, 0.4) is 0 Å². The van der Waals surface area contributed by atoms with E-state index in [0.717, 1.165) is 22.2 Å². The molecule has 146 valence electrons. The minimum atomic E-state index is -1.04. The van der Waals surface area contributed by atoms with Gasteiger partial charge in [0.2, 0.25) is 0 Å². The molecule has 8 heteroatoms. The van der Waals surface area contributed by atoms with Crippen LogP contribution in [0.15, 0.2) is 71.5 Å². The molecule has 5 N–H and O–H groups in total. The van der Waals surface area contributed by atoms with Gasteiger partial charge in [-0.25, -0.2) is 4.98 Å². The monoisotopic (exact) mass is 388 g/mol. The number of aromatic amines is 2. The number of aromatic nitrogens is 4. The van der Waals surface area contributed by atoms with Crippen LogP contribution >= 0.6 is 0 Å². The predicted molar refractivity (Wildman–Crippen MR) is 112 cm³/mol. The maximum absolute atomic E-state index is 10.4. The Balaban J connectivity index is 1.56. The van der Waals surface area contributed by atoms with E-state index in [4.69, 9.17) is 10.5 Å². The van der Waals surface area contributed by atoms with Crippen molar-refractivity contribution in [3.8, 4) is 22.9 Å². The van der Waals surface area contributed by atoms with Crippen LogP contribution in [0.2, 0.25) is 0 Å². The molecule has 1 unspecified atom stereocenters. The molecular weight excluding hydrogens is 368 g/mol. The van der Waals surface area contributed by atoms with Crippen LogP contribution in [0.1, 0.15) is 11.9 Å². The van der Waals surface area contributed by atoms with Gasteiger partial charge in [-0.05, 0) is 36.4 Å². The molecule has 0 amide bonds. The maximum atomic E-state index is 10.4. The zero-order valence-corrected chi connectivity index (χ0v) is 15.7. The highest BCUT2D eigenvalue weighted by Gasteiger charge is 2.17. The summed E-state index contributed by atoms with van der Waals surface area (Å²) in [6, 6.07) is 15.3. The van der Waals surface area contributed by atoms with Gasteiger partial charge in [0, 0.05) is 47.7 Å². The molecule has 2 aromatic carbocycles. The molecule has 1 atom stereocenters. The van der Waals surface area contributed by atoms with Crippen molar-refractivity contribution in [3.05, 3.63) is 72.3 Å². The lowest BCUT2D eigenvalue weighted by molar-refractivity contribution is 0.212. The topological polar surface area (TPSA) is 125 Å². The van der Waals surface area contributed by atoms with Crippen LogP contribution in [-0.4, -0.2) is 38.5 Å². The van der Waals surface area contributed by atoms with E-state index in [9.17, 15) is 5.11 Å². The van der Waals surface area contributed by atoms with Crippen molar-refractivity contribution in [1.29, 1.82) is 0 Å². The Bertz CT molecular complexity index is 1190. The zero-order valence-electron chi connectivity index (χ0n) is 15.7. The lowest BCUT2D eigenvalue weighted by atomic mass is 10.1. The number of aliphatic hydroxyl groups excluding tert-OH is 1. The molecule has 0 aliphatic rings. The molecule has 0 aliphatic carbocycles. The summed E-state index contributed by atoms with van der Waals surface area (Å²) in [6.07, 6.45) is 3.61. The quantitative estimate of drug-likeness (QED) is 0.377. The third-order valence-corrected chi connectivity index (χ3v) is 4.40. The Morgan fingerprint density at radius 3 is 2.90 bits per heavy atom. The highest BCUT2D eigenvalue weighted by atomic mass is 16.5. The van der Waals surface area contributed by atoms with Crippen LogP contribution in [0.5, 0.6) is 11.5 Å². The number of nitrogens with zero attached hydrogens (tertiary/aromatic N) is 3. The molecule has 29 heavy (non-hydrogen) atoms. The normalized spacial score (nSPS) is 13.2. The van der Waals surface area contributed by atoms with E-state index >= 15 is 0 Å². The van der Waals surface area contributed by atoms with Gasteiger partial charge < -0.3 is 20.6 Å². The number of hydrogen-bond donors (Lipinski definition) is 4. The first-order chi connectivity index (χ1) is 14.2. The first kappa shape index (κ1) is 18.5. The molecule has 4 aromatic rings. The number of H-pyrrole nitrogens is 2. The molecule has 0 fully saturated rings. The minimum absolute atomic E-state index is 0.279. The van der Waals surface area contributed by atoms with Crippen molar-refractivity contribution in [1.82, 2.24) is 20.2 Å². The van der Waals surface area contributed by atoms with Gasteiger partial charge in [-0.3, -0.25) is 10.1 Å². The average Bonchev–Trinajstić information content (AvgIpc) is 3.41. The second-order valence-corrected chi connectivity index (χ2v) is 6.36. The summed E-state index contributed by atoms with van der Waals surface area (Å²) in [5.74, 6) is 2.11. The lowest BCUT2D eigenvalue weighted by Crippen LogP contribution is -2.07. The molecule has 2 aromatic heterocycles. The van der Waals surface area contributed by atoms with Gasteiger partial charge in [0.25, 0.3) is 0 Å². The van der Waals surface area contributed by atoms with E-state index in [1.165, 1.54) is 12.4 Å². The molecule has 8 nitrogen and oxygen atoms in total. The third kappa shape index (κ3) is 3.87. The fourth-order valence-corrected chi connectivity index (χ4v) is 2.97. The second-order valence-electron chi connectivity index (χ2n) is 6.36. The number of nitrogens with one attached hydrogen (secondary N) is 2. The number of ether oxygens (including phenoxy) is 1. The molecule has 2 heterocycles. The number of aliphatic imine (C=N–C) groups is 1. The molecular formula is C21H20N6O2. The van der Waals surface area contributed by atoms with Crippen LogP contribution in [0.25, 0.3) is 22.3 Å². The molecule has 0 saturated carbocycles. The molecule has 0 saturated heterocycles. The Labute approximate surface area is 166 Å². The van der Waals surface area contributed by atoms with E-state index in [1.807, 2.05) is 54.7 Å². The van der Waals surface area contributed by atoms with Crippen molar-refractivity contribution >= 4 is 17.1 Å². The van der Waals surface area contributed by atoms with Crippen molar-refractivity contribution in [2.75, 3.05) is 7.05 Å². The first-order valence-corrected chi connectivity index (χ1v) is 8.97. The summed E-state index contributed by atoms with van der Waals surface area (Å²) in [5, 5.41) is 18.4. The van der Waals surface area contributed by atoms with Gasteiger partial charge in [-0.1, -0.05) is 12.1 Å². The molecule has 0 radical (unpaired) electrons. The number of nitrogens with two attached hydrogens (primary N) is 1. The van der Waals surface area contributed by atoms with Gasteiger partial charge in [0.05, 0.1) is 0 Å². The minimum Gasteiger partial charge on any atom is -0.457 e. The summed E-state index contributed by atoms with van der Waals surface area (Å²) in [5.41, 5.74) is 7.77. The Hall–Kier alpha value is -3.91. The van der Waals surface area contributed by atoms with Crippen molar-refractivity contribution < 1.29 is 9.84 Å². The standard InChI is InChI=1S/C21H20N6O2/c1-23-12-15(11-22)19(28)21-25-20(26-27-21)14-3-2-4-16(10-14)29-17-5-6-18-13(9-17)7-8-24-18/h2-12,19,24,28H,22H2,1H3,(H,25,26,27)/b15-11+,23-12?. The van der Waals surface area contributed by atoms with Gasteiger partial charge in [0.15, 0.2) is 11.6 Å². The number of fused-ring (bicyclic) bond motifs is 1. The van der Waals surface area contributed by atoms with Gasteiger partial charge >= 0.3 is 0 Å². The van der Waals surface area contributed by atoms with Gasteiger partial charge in [-0.15, -0.1) is 0 Å². The molecule has 0 bridgehead atoms. The summed E-state index contributed by atoms with van der Waals surface area (Å²) < 4.78 is 5.99. The highest BCUT2D eigenvalue weighted by molar-refractivity contribution is 5.81. The average molecular weight is 388 g/mol. The third-order valence-electron chi connectivity index (χ3n) is 4.40. The van der Waals surface area contributed by atoms with E-state index < -0.39 is 6.10 Å². The fraction of sp³-hybridized carbons (Fsp3) is 0.0952. The maximum Gasteiger partial charge on any atom is 0.181 e. The second kappa shape index (κ2) is 7.99. The molecule has 0 spiro atoms. The van der Waals surface area contributed by atoms with Crippen molar-refractivity contribution in [2.45, 2.75) is 6.10 Å². The van der Waals surface area contributed by atoms with E-state index in [1.54, 1.807) is 7.05 Å². The number of aliphatic hydroxyl groups is 1. The van der Waals surface area contributed by atoms with Gasteiger partial charge in [0.1, 0.15) is 17.6 Å². The largest absolute Gasteiger partial charge is 0.457 e. The first-order valence-electron chi connectivity index (χ1n) is 8.97. The van der Waals surface area contributed by atoms with E-state index in [-0.39, 0.29) is 5.82 Å². The van der Waals surface area contributed by atoms with Crippen molar-refractivity contribution in [3.63, 3.8) is 0 Å². The summed E-state index contributed by atoms with van der Waals surface area (Å²) >= 11 is 0. The fourth-order valence-electron chi connectivity index (χ4n) is 2.97. The van der Waals surface area contributed by atoms with E-state index in [0.29, 0.717) is 17.1 Å². The summed E-state index contributed by atoms with van der Waals surface area (Å²) in [7, 11) is 1.60. The zero-order chi connectivity index (χ0) is 20.2. The Morgan fingerprint density at radius 2 is 2.07 bits per heavy atom. The van der Waals surface area contributed by atoms with Crippen molar-refractivity contribution in [2.24, 2.45) is 10.7 Å². The van der Waals surface area contributed by atoms with Crippen LogP contribution < -0.4 is 10.5 Å². The number of rotatable bonds is 6. The highest BCUT2D eigenvalue weighted by Crippen LogP contribution is 2.28. The van der Waals surface area contributed by atoms with Gasteiger partial charge in [-0.2, -0.15) is 5.10 Å². The van der Waals surface area contributed by atoms with Crippen LogP contribution in [-0.2, 0) is 0 Å².